The Morgan fingerprint density at radius 2 is 1.88 bits per heavy atom. The van der Waals surface area contributed by atoms with Crippen LogP contribution in [-0.2, 0) is 16.1 Å². The summed E-state index contributed by atoms with van der Waals surface area (Å²) in [6, 6.07) is 11.8. The molecule has 3 rings (SSSR count). The molecule has 34 heavy (non-hydrogen) atoms. The number of ether oxygens (including phenoxy) is 2. The Labute approximate surface area is 211 Å². The van der Waals surface area contributed by atoms with Crippen molar-refractivity contribution in [2.45, 2.75) is 64.1 Å². The molecule has 1 unspecified atom stereocenters. The van der Waals surface area contributed by atoms with Crippen LogP contribution in [0.4, 0.5) is 0 Å². The van der Waals surface area contributed by atoms with Gasteiger partial charge in [-0.15, -0.1) is 0 Å². The average Bonchev–Trinajstić information content (AvgIpc) is 2.84. The zero-order chi connectivity index (χ0) is 24.5. The first-order valence-corrected chi connectivity index (χ1v) is 12.5. The van der Waals surface area contributed by atoms with Gasteiger partial charge in [0.2, 0.25) is 5.91 Å². The number of nitrogens with one attached hydrogen (secondary N) is 1. The molecule has 0 aliphatic heterocycles. The lowest BCUT2D eigenvalue weighted by Gasteiger charge is -2.32. The maximum Gasteiger partial charge on any atom is 0.261 e. The summed E-state index contributed by atoms with van der Waals surface area (Å²) in [5.41, 5.74) is 0.862. The standard InChI is InChI=1S/C26H32Cl2N2O4/c1-3-23(26(32)29-20-9-5-4-6-10-20)30(16-18-8-7-11-21(14-18)33-2)25(31)17-34-24-13-12-19(27)15-22(24)28/h7-8,11-15,20,23H,3-6,9-10,16-17H2,1-2H3,(H,29,32). The highest BCUT2D eigenvalue weighted by Gasteiger charge is 2.30. The second-order valence-corrected chi connectivity index (χ2v) is 9.35. The number of hydrogen-bond acceptors (Lipinski definition) is 4. The van der Waals surface area contributed by atoms with Gasteiger partial charge in [0, 0.05) is 17.6 Å². The van der Waals surface area contributed by atoms with Gasteiger partial charge in [0.25, 0.3) is 5.91 Å². The summed E-state index contributed by atoms with van der Waals surface area (Å²) in [5.74, 6) is 0.615. The molecule has 2 aromatic carbocycles. The molecule has 0 aromatic heterocycles. The fourth-order valence-corrected chi connectivity index (χ4v) is 4.71. The maximum absolute atomic E-state index is 13.4. The Hall–Kier alpha value is -2.44. The smallest absolute Gasteiger partial charge is 0.261 e. The average molecular weight is 507 g/mol. The van der Waals surface area contributed by atoms with Crippen LogP contribution >= 0.6 is 23.2 Å². The minimum atomic E-state index is -0.620. The fourth-order valence-electron chi connectivity index (χ4n) is 4.25. The highest BCUT2D eigenvalue weighted by Crippen LogP contribution is 2.28. The van der Waals surface area contributed by atoms with Gasteiger partial charge in [-0.25, -0.2) is 0 Å². The molecule has 1 aliphatic carbocycles. The first kappa shape index (κ1) is 26.2. The van der Waals surface area contributed by atoms with Crippen LogP contribution in [0.3, 0.4) is 0 Å². The molecule has 184 valence electrons. The van der Waals surface area contributed by atoms with Crippen molar-refractivity contribution in [3.05, 3.63) is 58.1 Å². The minimum absolute atomic E-state index is 0.129. The lowest BCUT2D eigenvalue weighted by atomic mass is 9.95. The van der Waals surface area contributed by atoms with Crippen LogP contribution in [0.15, 0.2) is 42.5 Å². The molecule has 8 heteroatoms. The molecular formula is C26H32Cl2N2O4. The van der Waals surface area contributed by atoms with Gasteiger partial charge >= 0.3 is 0 Å². The molecule has 1 saturated carbocycles. The number of carbonyl (C=O) groups excluding carboxylic acids is 2. The van der Waals surface area contributed by atoms with Gasteiger partial charge in [0.05, 0.1) is 12.1 Å². The second kappa shape index (κ2) is 12.9. The van der Waals surface area contributed by atoms with Crippen LogP contribution in [-0.4, -0.2) is 42.5 Å². The molecular weight excluding hydrogens is 475 g/mol. The number of amides is 2. The lowest BCUT2D eigenvalue weighted by Crippen LogP contribution is -2.52. The topological polar surface area (TPSA) is 67.9 Å². The zero-order valence-electron chi connectivity index (χ0n) is 19.7. The number of halogens is 2. The van der Waals surface area contributed by atoms with Gasteiger partial charge in [-0.05, 0) is 55.2 Å². The SMILES string of the molecule is CCC(C(=O)NC1CCCCC1)N(Cc1cccc(OC)c1)C(=O)COc1ccc(Cl)cc1Cl. The van der Waals surface area contributed by atoms with Crippen molar-refractivity contribution in [3.63, 3.8) is 0 Å². The molecule has 6 nitrogen and oxygen atoms in total. The molecule has 0 bridgehead atoms. The van der Waals surface area contributed by atoms with Gasteiger partial charge in [-0.2, -0.15) is 0 Å². The summed E-state index contributed by atoms with van der Waals surface area (Å²) in [6.07, 6.45) is 5.87. The third-order valence-corrected chi connectivity index (χ3v) is 6.60. The van der Waals surface area contributed by atoms with Crippen molar-refractivity contribution in [2.75, 3.05) is 13.7 Å². The Kier molecular flexibility index (Phi) is 9.90. The van der Waals surface area contributed by atoms with E-state index < -0.39 is 6.04 Å². The van der Waals surface area contributed by atoms with Crippen molar-refractivity contribution < 1.29 is 19.1 Å². The normalized spacial score (nSPS) is 14.8. The van der Waals surface area contributed by atoms with E-state index in [9.17, 15) is 9.59 Å². The molecule has 0 spiro atoms. The Morgan fingerprint density at radius 3 is 2.56 bits per heavy atom. The van der Waals surface area contributed by atoms with E-state index in [0.717, 1.165) is 31.2 Å². The van der Waals surface area contributed by atoms with Crippen molar-refractivity contribution in [3.8, 4) is 11.5 Å². The van der Waals surface area contributed by atoms with E-state index in [1.54, 1.807) is 30.2 Å². The summed E-state index contributed by atoms with van der Waals surface area (Å²) < 4.78 is 11.0. The van der Waals surface area contributed by atoms with Gasteiger partial charge in [0.1, 0.15) is 17.5 Å². The van der Waals surface area contributed by atoms with Crippen LogP contribution in [0.1, 0.15) is 51.0 Å². The number of rotatable bonds is 10. The number of methoxy groups -OCH3 is 1. The summed E-state index contributed by atoms with van der Waals surface area (Å²) in [4.78, 5) is 28.2. The van der Waals surface area contributed by atoms with Crippen LogP contribution in [0, 0.1) is 0 Å². The van der Waals surface area contributed by atoms with Crippen molar-refractivity contribution in [1.82, 2.24) is 10.2 Å². The van der Waals surface area contributed by atoms with Crippen LogP contribution in [0.2, 0.25) is 10.0 Å². The van der Waals surface area contributed by atoms with Crippen molar-refractivity contribution in [1.29, 1.82) is 0 Å². The van der Waals surface area contributed by atoms with Crippen LogP contribution in [0.5, 0.6) is 11.5 Å². The first-order valence-electron chi connectivity index (χ1n) is 11.7. The zero-order valence-corrected chi connectivity index (χ0v) is 21.2. The molecule has 1 fully saturated rings. The summed E-state index contributed by atoms with van der Waals surface area (Å²) in [5, 5.41) is 3.97. The Morgan fingerprint density at radius 1 is 1.12 bits per heavy atom. The second-order valence-electron chi connectivity index (χ2n) is 8.50. The van der Waals surface area contributed by atoms with Gasteiger partial charge in [-0.1, -0.05) is 61.5 Å². The third kappa shape index (κ3) is 7.28. The number of hydrogen-bond donors (Lipinski definition) is 1. The van der Waals surface area contributed by atoms with Crippen LogP contribution < -0.4 is 14.8 Å². The summed E-state index contributed by atoms with van der Waals surface area (Å²) in [6.45, 7) is 1.91. The van der Waals surface area contributed by atoms with Crippen molar-refractivity contribution in [2.24, 2.45) is 0 Å². The number of benzene rings is 2. The molecule has 1 atom stereocenters. The lowest BCUT2D eigenvalue weighted by molar-refractivity contribution is -0.143. The van der Waals surface area contributed by atoms with E-state index in [1.807, 2.05) is 31.2 Å². The highest BCUT2D eigenvalue weighted by molar-refractivity contribution is 6.35. The first-order chi connectivity index (χ1) is 16.4. The quantitative estimate of drug-likeness (QED) is 0.452. The highest BCUT2D eigenvalue weighted by atomic mass is 35.5. The number of carbonyl (C=O) groups is 2. The molecule has 1 N–H and O–H groups in total. The van der Waals surface area contributed by atoms with E-state index in [4.69, 9.17) is 32.7 Å². The van der Waals surface area contributed by atoms with Gasteiger partial charge < -0.3 is 19.7 Å². The Balaban J connectivity index is 1.78. The number of nitrogens with zero attached hydrogens (tertiary/aromatic N) is 1. The van der Waals surface area contributed by atoms with E-state index in [1.165, 1.54) is 6.42 Å². The minimum Gasteiger partial charge on any atom is -0.497 e. The van der Waals surface area contributed by atoms with E-state index in [0.29, 0.717) is 28.0 Å². The molecule has 0 saturated heterocycles. The largest absolute Gasteiger partial charge is 0.497 e. The van der Waals surface area contributed by atoms with E-state index in [2.05, 4.69) is 5.32 Å². The van der Waals surface area contributed by atoms with Crippen molar-refractivity contribution >= 4 is 35.0 Å². The van der Waals surface area contributed by atoms with Crippen LogP contribution in [0.25, 0.3) is 0 Å². The summed E-state index contributed by atoms with van der Waals surface area (Å²) >= 11 is 12.1. The molecule has 0 radical (unpaired) electrons. The Bertz CT molecular complexity index is 979. The van der Waals surface area contributed by atoms with E-state index >= 15 is 0 Å². The predicted molar refractivity (Wildman–Crippen MR) is 135 cm³/mol. The van der Waals surface area contributed by atoms with Gasteiger partial charge in [-0.3, -0.25) is 9.59 Å². The monoisotopic (exact) mass is 506 g/mol. The summed E-state index contributed by atoms with van der Waals surface area (Å²) in [7, 11) is 1.60. The maximum atomic E-state index is 13.4. The predicted octanol–water partition coefficient (Wildman–Crippen LogP) is 5.64. The molecule has 2 amide bonds. The fraction of sp³-hybridized carbons (Fsp3) is 0.462. The molecule has 0 heterocycles. The molecule has 2 aromatic rings. The van der Waals surface area contributed by atoms with E-state index in [-0.39, 0.29) is 31.0 Å². The third-order valence-electron chi connectivity index (χ3n) is 6.07. The molecule has 1 aliphatic rings. The van der Waals surface area contributed by atoms with Gasteiger partial charge in [0.15, 0.2) is 6.61 Å².